The van der Waals surface area contributed by atoms with Crippen LogP contribution in [0.15, 0.2) is 64.8 Å². The molecule has 0 bridgehead atoms. The van der Waals surface area contributed by atoms with Crippen molar-refractivity contribution in [3.05, 3.63) is 83.2 Å². The standard InChI is InChI=1S/C20H11F3N2O4/c21-15-8-13(9-16(22)18(15)23)24-25-17-7-12(20(28)29)5-6-14(17)10-1-3-11(4-2-10)19(26)27/h1-9H,(H,26,27)(H,28,29). The molecule has 3 aromatic carbocycles. The van der Waals surface area contributed by atoms with Crippen LogP contribution in [0.5, 0.6) is 0 Å². The van der Waals surface area contributed by atoms with Crippen LogP contribution in [0.2, 0.25) is 0 Å². The van der Waals surface area contributed by atoms with Crippen LogP contribution in [0.3, 0.4) is 0 Å². The van der Waals surface area contributed by atoms with Gasteiger partial charge in [0.1, 0.15) is 0 Å². The first-order chi connectivity index (χ1) is 13.8. The Balaban J connectivity index is 2.07. The summed E-state index contributed by atoms with van der Waals surface area (Å²) < 4.78 is 39.7. The van der Waals surface area contributed by atoms with Gasteiger partial charge < -0.3 is 10.2 Å². The summed E-state index contributed by atoms with van der Waals surface area (Å²) in [5.74, 6) is -6.87. The van der Waals surface area contributed by atoms with Crippen molar-refractivity contribution in [2.75, 3.05) is 0 Å². The predicted octanol–water partition coefficient (Wildman–Crippen LogP) is 5.58. The number of halogens is 3. The van der Waals surface area contributed by atoms with Gasteiger partial charge in [-0.1, -0.05) is 18.2 Å². The van der Waals surface area contributed by atoms with Crippen LogP contribution in [-0.4, -0.2) is 22.2 Å². The number of rotatable bonds is 5. The van der Waals surface area contributed by atoms with Crippen molar-refractivity contribution in [3.63, 3.8) is 0 Å². The number of nitrogens with zero attached hydrogens (tertiary/aromatic N) is 2. The van der Waals surface area contributed by atoms with E-state index in [1.165, 1.54) is 42.5 Å². The summed E-state index contributed by atoms with van der Waals surface area (Å²) in [5.41, 5.74) is 0.598. The lowest BCUT2D eigenvalue weighted by atomic mass is 10.0. The molecule has 0 aromatic heterocycles. The number of azo groups is 1. The molecule has 0 unspecified atom stereocenters. The second-order valence-corrected chi connectivity index (χ2v) is 5.84. The van der Waals surface area contributed by atoms with Crippen molar-refractivity contribution in [1.29, 1.82) is 0 Å². The van der Waals surface area contributed by atoms with Gasteiger partial charge in [0, 0.05) is 17.7 Å². The highest BCUT2D eigenvalue weighted by molar-refractivity contribution is 5.92. The normalized spacial score (nSPS) is 11.0. The Morgan fingerprint density at radius 2 is 1.28 bits per heavy atom. The zero-order valence-corrected chi connectivity index (χ0v) is 14.4. The summed E-state index contributed by atoms with van der Waals surface area (Å²) in [6.45, 7) is 0. The molecule has 0 saturated carbocycles. The third kappa shape index (κ3) is 4.29. The van der Waals surface area contributed by atoms with E-state index in [1.807, 2.05) is 0 Å². The van der Waals surface area contributed by atoms with E-state index in [9.17, 15) is 27.9 Å². The van der Waals surface area contributed by atoms with Gasteiger partial charge in [0.25, 0.3) is 0 Å². The monoisotopic (exact) mass is 400 g/mol. The number of hydrogen-bond acceptors (Lipinski definition) is 4. The second-order valence-electron chi connectivity index (χ2n) is 5.84. The Morgan fingerprint density at radius 1 is 0.724 bits per heavy atom. The van der Waals surface area contributed by atoms with Crippen LogP contribution in [-0.2, 0) is 0 Å². The molecule has 0 atom stereocenters. The summed E-state index contributed by atoms with van der Waals surface area (Å²) in [6, 6.07) is 10.9. The van der Waals surface area contributed by atoms with E-state index in [4.69, 9.17) is 5.11 Å². The van der Waals surface area contributed by atoms with Crippen molar-refractivity contribution in [2.45, 2.75) is 0 Å². The van der Waals surface area contributed by atoms with Gasteiger partial charge in [0.2, 0.25) is 0 Å². The van der Waals surface area contributed by atoms with Gasteiger partial charge in [0.15, 0.2) is 17.5 Å². The molecule has 0 aliphatic rings. The minimum Gasteiger partial charge on any atom is -0.478 e. The molecule has 29 heavy (non-hydrogen) atoms. The molecule has 0 heterocycles. The van der Waals surface area contributed by atoms with Crippen LogP contribution in [0.4, 0.5) is 24.5 Å². The number of benzene rings is 3. The molecular weight excluding hydrogens is 389 g/mol. The molecule has 0 aliphatic heterocycles. The lowest BCUT2D eigenvalue weighted by Gasteiger charge is -2.07. The van der Waals surface area contributed by atoms with E-state index in [0.29, 0.717) is 23.3 Å². The highest BCUT2D eigenvalue weighted by Crippen LogP contribution is 2.33. The molecule has 3 aromatic rings. The fourth-order valence-electron chi connectivity index (χ4n) is 2.50. The Bertz CT molecular complexity index is 1120. The smallest absolute Gasteiger partial charge is 0.335 e. The summed E-state index contributed by atoms with van der Waals surface area (Å²) in [7, 11) is 0. The first-order valence-electron chi connectivity index (χ1n) is 8.03. The number of carboxylic acids is 2. The minimum atomic E-state index is -1.64. The molecule has 3 rings (SSSR count). The zero-order chi connectivity index (χ0) is 21.1. The number of carboxylic acid groups (broad SMARTS) is 2. The fraction of sp³-hybridized carbons (Fsp3) is 0. The fourth-order valence-corrected chi connectivity index (χ4v) is 2.50. The molecule has 0 saturated heterocycles. The topological polar surface area (TPSA) is 99.3 Å². The maximum atomic E-state index is 13.3. The molecule has 0 radical (unpaired) electrons. The molecule has 6 nitrogen and oxygen atoms in total. The van der Waals surface area contributed by atoms with Gasteiger partial charge in [-0.15, -0.1) is 5.11 Å². The van der Waals surface area contributed by atoms with E-state index >= 15 is 0 Å². The Hall–Kier alpha value is -4.01. The lowest BCUT2D eigenvalue weighted by Crippen LogP contribution is -1.97. The highest BCUT2D eigenvalue weighted by Gasteiger charge is 2.13. The van der Waals surface area contributed by atoms with Gasteiger partial charge >= 0.3 is 11.9 Å². The van der Waals surface area contributed by atoms with E-state index in [1.54, 1.807) is 0 Å². The minimum absolute atomic E-state index is 0.0522. The SMILES string of the molecule is O=C(O)c1ccc(-c2ccc(C(=O)O)cc2N=Nc2cc(F)c(F)c(F)c2)cc1. The van der Waals surface area contributed by atoms with Crippen molar-refractivity contribution in [3.8, 4) is 11.1 Å². The highest BCUT2D eigenvalue weighted by atomic mass is 19.2. The molecular formula is C20H11F3N2O4. The van der Waals surface area contributed by atoms with Gasteiger partial charge in [-0.25, -0.2) is 22.8 Å². The largest absolute Gasteiger partial charge is 0.478 e. The molecule has 0 amide bonds. The van der Waals surface area contributed by atoms with Crippen molar-refractivity contribution >= 4 is 23.3 Å². The summed E-state index contributed by atoms with van der Waals surface area (Å²) in [6.07, 6.45) is 0. The van der Waals surface area contributed by atoms with Crippen LogP contribution in [0.25, 0.3) is 11.1 Å². The average molecular weight is 400 g/mol. The summed E-state index contributed by atoms with van der Waals surface area (Å²) in [5, 5.41) is 25.7. The van der Waals surface area contributed by atoms with Gasteiger partial charge in [-0.3, -0.25) is 0 Å². The number of hydrogen-bond donors (Lipinski definition) is 2. The van der Waals surface area contributed by atoms with Gasteiger partial charge in [-0.2, -0.15) is 5.11 Å². The maximum Gasteiger partial charge on any atom is 0.335 e. The number of carbonyl (C=O) groups is 2. The van der Waals surface area contributed by atoms with Gasteiger partial charge in [0.05, 0.1) is 22.5 Å². The van der Waals surface area contributed by atoms with Crippen LogP contribution >= 0.6 is 0 Å². The van der Waals surface area contributed by atoms with Crippen LogP contribution < -0.4 is 0 Å². The third-order valence-electron chi connectivity index (χ3n) is 3.93. The molecule has 0 aliphatic carbocycles. The summed E-state index contributed by atoms with van der Waals surface area (Å²) >= 11 is 0. The number of aromatic carboxylic acids is 2. The van der Waals surface area contributed by atoms with E-state index in [0.717, 1.165) is 0 Å². The lowest BCUT2D eigenvalue weighted by molar-refractivity contribution is 0.0686. The maximum absolute atomic E-state index is 13.3. The second kappa shape index (κ2) is 7.93. The van der Waals surface area contributed by atoms with Crippen molar-refractivity contribution < 1.29 is 33.0 Å². The molecule has 0 fully saturated rings. The Morgan fingerprint density at radius 3 is 1.83 bits per heavy atom. The van der Waals surface area contributed by atoms with Gasteiger partial charge in [-0.05, 0) is 29.8 Å². The van der Waals surface area contributed by atoms with Crippen molar-refractivity contribution in [2.24, 2.45) is 10.2 Å². The molecule has 146 valence electrons. The quantitative estimate of drug-likeness (QED) is 0.431. The van der Waals surface area contributed by atoms with E-state index < -0.39 is 29.4 Å². The molecule has 9 heteroatoms. The molecule has 2 N–H and O–H groups in total. The van der Waals surface area contributed by atoms with E-state index in [-0.39, 0.29) is 22.5 Å². The van der Waals surface area contributed by atoms with Crippen LogP contribution in [0.1, 0.15) is 20.7 Å². The first-order valence-corrected chi connectivity index (χ1v) is 8.03. The zero-order valence-electron chi connectivity index (χ0n) is 14.4. The first kappa shape index (κ1) is 19.7. The van der Waals surface area contributed by atoms with Crippen molar-refractivity contribution in [1.82, 2.24) is 0 Å². The van der Waals surface area contributed by atoms with E-state index in [2.05, 4.69) is 10.2 Å². The Kier molecular flexibility index (Phi) is 5.40. The predicted molar refractivity (Wildman–Crippen MR) is 96.3 cm³/mol. The molecule has 0 spiro atoms. The van der Waals surface area contributed by atoms with Crippen LogP contribution in [0, 0.1) is 17.5 Å². The summed E-state index contributed by atoms with van der Waals surface area (Å²) in [4.78, 5) is 22.2. The third-order valence-corrected chi connectivity index (χ3v) is 3.93. The Labute approximate surface area is 161 Å². The average Bonchev–Trinajstić information content (AvgIpc) is 2.70.